The average Bonchev–Trinajstić information content (AvgIpc) is 3.20. The molecule has 0 saturated heterocycles. The molecule has 1 atom stereocenters. The highest BCUT2D eigenvalue weighted by Gasteiger charge is 2.32. The Labute approximate surface area is 183 Å². The molecule has 4 heteroatoms. The van der Waals surface area contributed by atoms with Crippen LogP contribution < -0.4 is 0 Å². The second-order valence-electron chi connectivity index (χ2n) is 9.28. The first-order valence-corrected chi connectivity index (χ1v) is 11.4. The van der Waals surface area contributed by atoms with E-state index in [1.165, 1.54) is 27.0 Å². The molecule has 0 radical (unpaired) electrons. The number of nitriles is 1. The molecule has 4 rings (SSSR count). The van der Waals surface area contributed by atoms with E-state index in [4.69, 9.17) is 4.99 Å². The van der Waals surface area contributed by atoms with E-state index in [0.29, 0.717) is 11.3 Å². The molecule has 0 saturated carbocycles. The zero-order valence-electron chi connectivity index (χ0n) is 18.3. The van der Waals surface area contributed by atoms with E-state index in [0.717, 1.165) is 41.9 Å². The largest absolute Gasteiger partial charge is 0.340 e. The number of benzene rings is 1. The fraction of sp³-hybridized carbons (Fsp3) is 0.385. The van der Waals surface area contributed by atoms with Crippen molar-refractivity contribution in [1.82, 2.24) is 4.57 Å². The van der Waals surface area contributed by atoms with Gasteiger partial charge in [-0.25, -0.2) is 4.99 Å². The third kappa shape index (κ3) is 3.52. The number of hydrogen-bond acceptors (Lipinski definition) is 3. The standard InChI is InChI=1S/C26H29N3S/c1-6-13-29-17(2)22(19-9-7-8-10-23(19)29)16-28-25-21(15-27)20-12-11-18(26(3,4)5)14-24(20)30-25/h6-10,16,18H,1,11-14H2,2-5H3/t18-/m1/s1. The lowest BCUT2D eigenvalue weighted by Crippen LogP contribution is -2.26. The zero-order valence-corrected chi connectivity index (χ0v) is 19.1. The minimum Gasteiger partial charge on any atom is -0.340 e. The molecule has 3 aromatic rings. The Morgan fingerprint density at radius 2 is 2.10 bits per heavy atom. The maximum atomic E-state index is 9.85. The fourth-order valence-corrected chi connectivity index (χ4v) is 5.85. The first-order valence-electron chi connectivity index (χ1n) is 10.6. The van der Waals surface area contributed by atoms with Crippen molar-refractivity contribution >= 4 is 33.5 Å². The van der Waals surface area contributed by atoms with Crippen LogP contribution in [-0.4, -0.2) is 10.8 Å². The Bertz CT molecular complexity index is 1180. The molecule has 1 aromatic carbocycles. The van der Waals surface area contributed by atoms with Gasteiger partial charge in [0.15, 0.2) is 0 Å². The molecular weight excluding hydrogens is 386 g/mol. The quantitative estimate of drug-likeness (QED) is 0.335. The summed E-state index contributed by atoms with van der Waals surface area (Å²) in [7, 11) is 0. The van der Waals surface area contributed by atoms with Crippen LogP contribution in [0.5, 0.6) is 0 Å². The first kappa shape index (κ1) is 20.6. The Morgan fingerprint density at radius 3 is 2.80 bits per heavy atom. The molecule has 0 N–H and O–H groups in total. The predicted octanol–water partition coefficient (Wildman–Crippen LogP) is 6.97. The molecule has 0 aliphatic heterocycles. The molecule has 0 unspecified atom stereocenters. The van der Waals surface area contributed by atoms with E-state index in [1.807, 2.05) is 12.3 Å². The Morgan fingerprint density at radius 1 is 1.33 bits per heavy atom. The number of hydrogen-bond donors (Lipinski definition) is 0. The zero-order chi connectivity index (χ0) is 21.5. The second kappa shape index (κ2) is 7.89. The number of aromatic nitrogens is 1. The molecule has 154 valence electrons. The van der Waals surface area contributed by atoms with E-state index in [1.54, 1.807) is 11.3 Å². The highest BCUT2D eigenvalue weighted by molar-refractivity contribution is 7.16. The van der Waals surface area contributed by atoms with Gasteiger partial charge in [-0.15, -0.1) is 17.9 Å². The van der Waals surface area contributed by atoms with Crippen molar-refractivity contribution in [2.24, 2.45) is 16.3 Å². The van der Waals surface area contributed by atoms with Gasteiger partial charge in [0, 0.05) is 39.8 Å². The first-order chi connectivity index (χ1) is 14.3. The van der Waals surface area contributed by atoms with Crippen molar-refractivity contribution in [2.75, 3.05) is 0 Å². The van der Waals surface area contributed by atoms with Gasteiger partial charge in [-0.3, -0.25) is 0 Å². The minimum atomic E-state index is 0.294. The van der Waals surface area contributed by atoms with Gasteiger partial charge < -0.3 is 4.57 Å². The van der Waals surface area contributed by atoms with E-state index in [-0.39, 0.29) is 0 Å². The minimum absolute atomic E-state index is 0.294. The van der Waals surface area contributed by atoms with Crippen LogP contribution in [0.15, 0.2) is 41.9 Å². The monoisotopic (exact) mass is 415 g/mol. The molecule has 1 aliphatic carbocycles. The van der Waals surface area contributed by atoms with Crippen LogP contribution in [0.4, 0.5) is 5.00 Å². The van der Waals surface area contributed by atoms with Crippen molar-refractivity contribution in [3.8, 4) is 6.07 Å². The van der Waals surface area contributed by atoms with Gasteiger partial charge in [0.25, 0.3) is 0 Å². The number of thiophene rings is 1. The smallest absolute Gasteiger partial charge is 0.134 e. The molecule has 30 heavy (non-hydrogen) atoms. The van der Waals surface area contributed by atoms with Gasteiger partial charge in [-0.2, -0.15) is 5.26 Å². The summed E-state index contributed by atoms with van der Waals surface area (Å²) >= 11 is 1.71. The van der Waals surface area contributed by atoms with Crippen molar-refractivity contribution in [3.63, 3.8) is 0 Å². The molecular formula is C26H29N3S. The molecule has 2 heterocycles. The number of nitrogens with zero attached hydrogens (tertiary/aromatic N) is 3. The summed E-state index contributed by atoms with van der Waals surface area (Å²) in [5.41, 5.74) is 5.80. The van der Waals surface area contributed by atoms with Crippen molar-refractivity contribution in [1.29, 1.82) is 5.26 Å². The SMILES string of the molecule is C=CCn1c(C)c(C=Nc2sc3c(c2C#N)CC[C@@H](C(C)(C)C)C3)c2ccccc21. The number of fused-ring (bicyclic) bond motifs is 2. The third-order valence-corrected chi connectivity index (χ3v) is 7.65. The van der Waals surface area contributed by atoms with Crippen molar-refractivity contribution in [2.45, 2.75) is 53.5 Å². The predicted molar refractivity (Wildman–Crippen MR) is 128 cm³/mol. The van der Waals surface area contributed by atoms with Crippen molar-refractivity contribution in [3.05, 3.63) is 64.2 Å². The maximum absolute atomic E-state index is 9.85. The van der Waals surface area contributed by atoms with Gasteiger partial charge in [0.05, 0.1) is 5.56 Å². The summed E-state index contributed by atoms with van der Waals surface area (Å²) in [4.78, 5) is 6.21. The molecule has 1 aliphatic rings. The van der Waals surface area contributed by atoms with Crippen LogP contribution in [0.1, 0.15) is 54.5 Å². The average molecular weight is 416 g/mol. The topological polar surface area (TPSA) is 41.1 Å². The number of rotatable bonds is 4. The summed E-state index contributed by atoms with van der Waals surface area (Å²) in [5.74, 6) is 0.658. The normalized spacial score (nSPS) is 16.7. The van der Waals surface area contributed by atoms with Crippen LogP contribution in [0, 0.1) is 29.6 Å². The molecule has 0 spiro atoms. The van der Waals surface area contributed by atoms with E-state index in [9.17, 15) is 5.26 Å². The number of allylic oxidation sites excluding steroid dienone is 1. The second-order valence-corrected chi connectivity index (χ2v) is 10.4. The van der Waals surface area contributed by atoms with E-state index in [2.05, 4.69) is 69.2 Å². The third-order valence-electron chi connectivity index (χ3n) is 6.49. The summed E-state index contributed by atoms with van der Waals surface area (Å²) < 4.78 is 2.27. The number of para-hydroxylation sites is 1. The van der Waals surface area contributed by atoms with Gasteiger partial charge in [-0.1, -0.05) is 45.0 Å². The lowest BCUT2D eigenvalue weighted by atomic mass is 9.72. The molecule has 0 amide bonds. The van der Waals surface area contributed by atoms with E-state index < -0.39 is 0 Å². The van der Waals surface area contributed by atoms with Gasteiger partial charge in [0.1, 0.15) is 11.1 Å². The molecule has 2 aromatic heterocycles. The van der Waals surface area contributed by atoms with Crippen LogP contribution in [-0.2, 0) is 19.4 Å². The Hall–Kier alpha value is -2.64. The fourth-order valence-electron chi connectivity index (χ4n) is 4.63. The van der Waals surface area contributed by atoms with Crippen LogP contribution in [0.25, 0.3) is 10.9 Å². The maximum Gasteiger partial charge on any atom is 0.134 e. The van der Waals surface area contributed by atoms with Gasteiger partial charge in [0.2, 0.25) is 0 Å². The molecule has 0 bridgehead atoms. The Balaban J connectivity index is 1.75. The van der Waals surface area contributed by atoms with Crippen LogP contribution in [0.2, 0.25) is 0 Å². The van der Waals surface area contributed by atoms with Crippen molar-refractivity contribution < 1.29 is 0 Å². The van der Waals surface area contributed by atoms with Gasteiger partial charge >= 0.3 is 0 Å². The van der Waals surface area contributed by atoms with Crippen LogP contribution in [0.3, 0.4) is 0 Å². The lowest BCUT2D eigenvalue weighted by Gasteiger charge is -2.33. The highest BCUT2D eigenvalue weighted by atomic mass is 32.1. The lowest BCUT2D eigenvalue weighted by molar-refractivity contribution is 0.218. The molecule has 3 nitrogen and oxygen atoms in total. The highest BCUT2D eigenvalue weighted by Crippen LogP contribution is 2.45. The summed E-state index contributed by atoms with van der Waals surface area (Å²) in [6.07, 6.45) is 7.08. The van der Waals surface area contributed by atoms with Crippen LogP contribution >= 0.6 is 11.3 Å². The summed E-state index contributed by atoms with van der Waals surface area (Å²) in [6.45, 7) is 13.8. The summed E-state index contributed by atoms with van der Waals surface area (Å²) in [5, 5.41) is 11.9. The Kier molecular flexibility index (Phi) is 5.42. The summed E-state index contributed by atoms with van der Waals surface area (Å²) in [6, 6.07) is 10.9. The van der Waals surface area contributed by atoms with Gasteiger partial charge in [-0.05, 0) is 49.1 Å². The molecule has 0 fully saturated rings. The number of aliphatic imine (C=N–C) groups is 1. The van der Waals surface area contributed by atoms with E-state index >= 15 is 0 Å².